The van der Waals surface area contributed by atoms with Crippen LogP contribution in [0.1, 0.15) is 44.1 Å². The zero-order valence-electron chi connectivity index (χ0n) is 16.2. The number of piperazine rings is 1. The van der Waals surface area contributed by atoms with Crippen molar-refractivity contribution in [3.05, 3.63) is 23.8 Å². The van der Waals surface area contributed by atoms with Gasteiger partial charge in [-0.1, -0.05) is 37.8 Å². The Morgan fingerprint density at radius 1 is 1.08 bits per heavy atom. The first-order chi connectivity index (χ1) is 12.7. The van der Waals surface area contributed by atoms with Gasteiger partial charge in [-0.05, 0) is 18.4 Å². The van der Waals surface area contributed by atoms with Gasteiger partial charge in [-0.2, -0.15) is 0 Å². The summed E-state index contributed by atoms with van der Waals surface area (Å²) in [6.07, 6.45) is 7.16. The first-order valence-corrected chi connectivity index (χ1v) is 9.91. The summed E-state index contributed by atoms with van der Waals surface area (Å²) in [6, 6.07) is 6.00. The highest BCUT2D eigenvalue weighted by molar-refractivity contribution is 5.76. The van der Waals surface area contributed by atoms with Gasteiger partial charge in [0.15, 0.2) is 11.5 Å². The minimum atomic E-state index is 0.343. The normalized spacial score (nSPS) is 18.9. The number of carbonyl (C=O) groups is 1. The fourth-order valence-corrected chi connectivity index (χ4v) is 4.26. The van der Waals surface area contributed by atoms with E-state index in [9.17, 15) is 4.79 Å². The molecule has 1 amide bonds. The van der Waals surface area contributed by atoms with E-state index in [4.69, 9.17) is 9.47 Å². The number of amides is 1. The van der Waals surface area contributed by atoms with Crippen LogP contribution in [0.3, 0.4) is 0 Å². The molecule has 1 heterocycles. The van der Waals surface area contributed by atoms with Gasteiger partial charge in [-0.15, -0.1) is 0 Å². The molecule has 26 heavy (non-hydrogen) atoms. The molecular formula is C21H32N2O3. The summed E-state index contributed by atoms with van der Waals surface area (Å²) in [5.41, 5.74) is 1.13. The van der Waals surface area contributed by atoms with Crippen LogP contribution in [0.2, 0.25) is 0 Å². The van der Waals surface area contributed by atoms with Crippen molar-refractivity contribution in [1.29, 1.82) is 0 Å². The number of nitrogens with zero attached hydrogens (tertiary/aromatic N) is 2. The standard InChI is InChI=1S/C21H32N2O3/c1-25-19-9-5-8-18(21(19)26-2)16-22-12-14-23(15-13-22)20(24)11-10-17-6-3-4-7-17/h5,8-9,17H,3-4,6-7,10-16H2,1-2H3. The molecule has 144 valence electrons. The Hall–Kier alpha value is -1.75. The Morgan fingerprint density at radius 3 is 2.46 bits per heavy atom. The highest BCUT2D eigenvalue weighted by Crippen LogP contribution is 2.32. The van der Waals surface area contributed by atoms with Crippen molar-refractivity contribution in [3.63, 3.8) is 0 Å². The minimum absolute atomic E-state index is 0.343. The van der Waals surface area contributed by atoms with Crippen LogP contribution >= 0.6 is 0 Å². The van der Waals surface area contributed by atoms with E-state index in [-0.39, 0.29) is 0 Å². The van der Waals surface area contributed by atoms with Crippen molar-refractivity contribution in [2.75, 3.05) is 40.4 Å². The molecule has 1 aliphatic carbocycles. The summed E-state index contributed by atoms with van der Waals surface area (Å²) in [5.74, 6) is 2.71. The molecule has 5 heteroatoms. The van der Waals surface area contributed by atoms with Gasteiger partial charge in [0.05, 0.1) is 14.2 Å². The lowest BCUT2D eigenvalue weighted by Crippen LogP contribution is -2.48. The molecule has 3 rings (SSSR count). The number of benzene rings is 1. The first kappa shape index (κ1) is 19.0. The third kappa shape index (κ3) is 4.70. The van der Waals surface area contributed by atoms with Crippen LogP contribution in [0.15, 0.2) is 18.2 Å². The van der Waals surface area contributed by atoms with Crippen LogP contribution in [-0.4, -0.2) is 56.1 Å². The Kier molecular flexibility index (Phi) is 6.78. The number of ether oxygens (including phenoxy) is 2. The molecule has 2 aliphatic rings. The lowest BCUT2D eigenvalue weighted by molar-refractivity contribution is -0.133. The van der Waals surface area contributed by atoms with E-state index in [1.54, 1.807) is 14.2 Å². The van der Waals surface area contributed by atoms with Crippen molar-refractivity contribution in [2.24, 2.45) is 5.92 Å². The van der Waals surface area contributed by atoms with E-state index in [2.05, 4.69) is 11.0 Å². The Balaban J connectivity index is 1.47. The molecule has 1 aliphatic heterocycles. The SMILES string of the molecule is COc1cccc(CN2CCN(C(=O)CCC3CCCC3)CC2)c1OC. The van der Waals surface area contributed by atoms with E-state index >= 15 is 0 Å². The Bertz CT molecular complexity index is 591. The molecule has 1 aromatic carbocycles. The fraction of sp³-hybridized carbons (Fsp3) is 0.667. The molecule has 5 nitrogen and oxygen atoms in total. The summed E-state index contributed by atoms with van der Waals surface area (Å²) in [7, 11) is 3.35. The molecule has 0 aromatic heterocycles. The molecule has 0 radical (unpaired) electrons. The molecule has 0 bridgehead atoms. The lowest BCUT2D eigenvalue weighted by Gasteiger charge is -2.35. The average molecular weight is 360 g/mol. The number of methoxy groups -OCH3 is 2. The maximum Gasteiger partial charge on any atom is 0.222 e. The molecule has 0 spiro atoms. The van der Waals surface area contributed by atoms with Crippen LogP contribution in [0.25, 0.3) is 0 Å². The van der Waals surface area contributed by atoms with Gasteiger partial charge < -0.3 is 14.4 Å². The molecule has 1 aromatic rings. The first-order valence-electron chi connectivity index (χ1n) is 9.91. The van der Waals surface area contributed by atoms with Gasteiger partial charge in [0, 0.05) is 44.7 Å². The Labute approximate surface area is 157 Å². The van der Waals surface area contributed by atoms with Gasteiger partial charge in [-0.25, -0.2) is 0 Å². The second-order valence-electron chi connectivity index (χ2n) is 7.50. The summed E-state index contributed by atoms with van der Waals surface area (Å²) in [5, 5.41) is 0. The van der Waals surface area contributed by atoms with Crippen LogP contribution in [0.5, 0.6) is 11.5 Å². The number of hydrogen-bond acceptors (Lipinski definition) is 4. The van der Waals surface area contributed by atoms with Crippen molar-refractivity contribution in [2.45, 2.75) is 45.1 Å². The lowest BCUT2D eigenvalue weighted by atomic mass is 10.0. The van der Waals surface area contributed by atoms with Crippen molar-refractivity contribution < 1.29 is 14.3 Å². The van der Waals surface area contributed by atoms with Crippen molar-refractivity contribution in [3.8, 4) is 11.5 Å². The molecular weight excluding hydrogens is 328 g/mol. The number of rotatable bonds is 7. The van der Waals surface area contributed by atoms with Gasteiger partial charge in [0.2, 0.25) is 5.91 Å². The van der Waals surface area contributed by atoms with Gasteiger partial charge in [0.1, 0.15) is 0 Å². The Morgan fingerprint density at radius 2 is 1.81 bits per heavy atom. The number of hydrogen-bond donors (Lipinski definition) is 0. The van der Waals surface area contributed by atoms with E-state index in [0.29, 0.717) is 5.91 Å². The third-order valence-electron chi connectivity index (χ3n) is 5.84. The smallest absolute Gasteiger partial charge is 0.222 e. The average Bonchev–Trinajstić information content (AvgIpc) is 3.20. The molecule has 2 fully saturated rings. The predicted molar refractivity (Wildman–Crippen MR) is 103 cm³/mol. The quantitative estimate of drug-likeness (QED) is 0.748. The van der Waals surface area contributed by atoms with E-state index in [1.807, 2.05) is 17.0 Å². The molecule has 1 saturated heterocycles. The molecule has 0 unspecified atom stereocenters. The van der Waals surface area contributed by atoms with Crippen molar-refractivity contribution >= 4 is 5.91 Å². The largest absolute Gasteiger partial charge is 0.493 e. The highest BCUT2D eigenvalue weighted by Gasteiger charge is 2.23. The van der Waals surface area contributed by atoms with Gasteiger partial charge >= 0.3 is 0 Å². The van der Waals surface area contributed by atoms with Crippen LogP contribution in [0, 0.1) is 5.92 Å². The zero-order valence-corrected chi connectivity index (χ0v) is 16.2. The van der Waals surface area contributed by atoms with Crippen LogP contribution in [0.4, 0.5) is 0 Å². The molecule has 1 saturated carbocycles. The third-order valence-corrected chi connectivity index (χ3v) is 5.84. The van der Waals surface area contributed by atoms with E-state index < -0.39 is 0 Å². The van der Waals surface area contributed by atoms with Gasteiger partial charge in [0.25, 0.3) is 0 Å². The van der Waals surface area contributed by atoms with E-state index in [1.165, 1.54) is 25.7 Å². The summed E-state index contributed by atoms with van der Waals surface area (Å²) in [4.78, 5) is 16.9. The molecule has 0 atom stereocenters. The van der Waals surface area contributed by atoms with Gasteiger partial charge in [-0.3, -0.25) is 9.69 Å². The highest BCUT2D eigenvalue weighted by atomic mass is 16.5. The fourth-order valence-electron chi connectivity index (χ4n) is 4.26. The predicted octanol–water partition coefficient (Wildman–Crippen LogP) is 3.32. The van der Waals surface area contributed by atoms with E-state index in [0.717, 1.165) is 68.5 Å². The maximum atomic E-state index is 12.5. The number of para-hydroxylation sites is 1. The number of carbonyl (C=O) groups excluding carboxylic acids is 1. The van der Waals surface area contributed by atoms with Crippen molar-refractivity contribution in [1.82, 2.24) is 9.80 Å². The second kappa shape index (κ2) is 9.26. The minimum Gasteiger partial charge on any atom is -0.493 e. The topological polar surface area (TPSA) is 42.0 Å². The summed E-state index contributed by atoms with van der Waals surface area (Å²) in [6.45, 7) is 4.31. The monoisotopic (exact) mass is 360 g/mol. The summed E-state index contributed by atoms with van der Waals surface area (Å²) >= 11 is 0. The maximum absolute atomic E-state index is 12.5. The zero-order chi connectivity index (χ0) is 18.4. The van der Waals surface area contributed by atoms with Crippen LogP contribution in [-0.2, 0) is 11.3 Å². The molecule has 0 N–H and O–H groups in total. The second-order valence-corrected chi connectivity index (χ2v) is 7.50. The summed E-state index contributed by atoms with van der Waals surface area (Å²) < 4.78 is 10.9. The van der Waals surface area contributed by atoms with Crippen LogP contribution < -0.4 is 9.47 Å².